The molecule has 2 aliphatic rings. The van der Waals surface area contributed by atoms with Crippen LogP contribution in [0.1, 0.15) is 41.5 Å². The molecule has 0 amide bonds. The van der Waals surface area contributed by atoms with Gasteiger partial charge in [-0.25, -0.2) is 0 Å². The monoisotopic (exact) mass is 222 g/mol. The van der Waals surface area contributed by atoms with Gasteiger partial charge in [-0.2, -0.15) is 0 Å². The fourth-order valence-corrected chi connectivity index (χ4v) is 3.64. The number of nitrogens with zero attached hydrogens (tertiary/aromatic N) is 2. The maximum absolute atomic E-state index is 2.62. The Morgan fingerprint density at radius 2 is 1.06 bits per heavy atom. The molecular weight excluding hydrogens is 196 g/mol. The molecule has 2 heterocycles. The Balaban J connectivity index is 2.40. The molecule has 0 aliphatic carbocycles. The van der Waals surface area contributed by atoms with Crippen LogP contribution in [0.25, 0.3) is 0 Å². The number of hydrogen-bond acceptors (Lipinski definition) is 2. The van der Waals surface area contributed by atoms with E-state index in [1.165, 1.54) is 0 Å². The molecule has 92 valence electrons. The first kappa shape index (κ1) is 11.8. The van der Waals surface area contributed by atoms with E-state index in [0.717, 1.165) is 13.1 Å². The second-order valence-corrected chi connectivity index (χ2v) is 5.40. The van der Waals surface area contributed by atoms with Gasteiger partial charge in [0.25, 0.3) is 0 Å². The Labute approximate surface area is 100 Å². The Kier molecular flexibility index (Phi) is 2.93. The first-order valence-electron chi connectivity index (χ1n) is 6.81. The molecule has 0 aromatic rings. The molecule has 2 heteroatoms. The lowest BCUT2D eigenvalue weighted by molar-refractivity contribution is 0.183. The Morgan fingerprint density at radius 1 is 0.750 bits per heavy atom. The van der Waals surface area contributed by atoms with E-state index in [4.69, 9.17) is 0 Å². The van der Waals surface area contributed by atoms with E-state index in [9.17, 15) is 0 Å². The normalized spacial score (nSPS) is 38.6. The molecule has 0 aromatic carbocycles. The Bertz CT molecular complexity index is 278. The van der Waals surface area contributed by atoms with Gasteiger partial charge in [0, 0.05) is 48.4 Å². The summed E-state index contributed by atoms with van der Waals surface area (Å²) in [6, 6.07) is 1.36. The van der Waals surface area contributed by atoms with Crippen LogP contribution in [0.15, 0.2) is 11.4 Å². The van der Waals surface area contributed by atoms with Crippen molar-refractivity contribution in [3.8, 4) is 0 Å². The zero-order valence-electron chi connectivity index (χ0n) is 11.6. The van der Waals surface area contributed by atoms with Crippen molar-refractivity contribution in [1.82, 2.24) is 9.80 Å². The van der Waals surface area contributed by atoms with Gasteiger partial charge < -0.3 is 9.80 Å². The number of rotatable bonds is 2. The maximum atomic E-state index is 2.62. The van der Waals surface area contributed by atoms with Crippen LogP contribution in [0.3, 0.4) is 0 Å². The summed E-state index contributed by atoms with van der Waals surface area (Å²) in [5.41, 5.74) is 3.27. The van der Waals surface area contributed by atoms with Crippen molar-refractivity contribution in [2.45, 2.75) is 53.6 Å². The topological polar surface area (TPSA) is 6.48 Å². The van der Waals surface area contributed by atoms with E-state index in [-0.39, 0.29) is 0 Å². The summed E-state index contributed by atoms with van der Waals surface area (Å²) in [5.74, 6) is 1.39. The van der Waals surface area contributed by atoms with Crippen molar-refractivity contribution in [2.75, 3.05) is 13.1 Å². The Hall–Kier alpha value is -0.660. The highest BCUT2D eigenvalue weighted by atomic mass is 15.3. The fraction of sp³-hybridized carbons (Fsp3) is 0.857. The van der Waals surface area contributed by atoms with Crippen molar-refractivity contribution >= 4 is 0 Å². The number of hydrogen-bond donors (Lipinski definition) is 0. The molecule has 2 rings (SSSR count). The lowest BCUT2D eigenvalue weighted by atomic mass is 10.0. The summed E-state index contributed by atoms with van der Waals surface area (Å²) in [4.78, 5) is 5.24. The summed E-state index contributed by atoms with van der Waals surface area (Å²) in [6.07, 6.45) is 0. The van der Waals surface area contributed by atoms with Crippen LogP contribution in [0.4, 0.5) is 0 Å². The van der Waals surface area contributed by atoms with Crippen molar-refractivity contribution in [3.63, 3.8) is 0 Å². The van der Waals surface area contributed by atoms with Gasteiger partial charge in [0.15, 0.2) is 0 Å². The summed E-state index contributed by atoms with van der Waals surface area (Å²) in [7, 11) is 0. The molecular formula is C14H26N2. The first-order chi connectivity index (χ1) is 7.54. The zero-order valence-corrected chi connectivity index (χ0v) is 11.6. The lowest BCUT2D eigenvalue weighted by Crippen LogP contribution is -2.39. The molecule has 4 atom stereocenters. The summed E-state index contributed by atoms with van der Waals surface area (Å²) >= 11 is 0. The third kappa shape index (κ3) is 1.31. The summed E-state index contributed by atoms with van der Waals surface area (Å²) in [6.45, 7) is 16.4. The molecule has 0 saturated heterocycles. The van der Waals surface area contributed by atoms with Crippen LogP contribution >= 0.6 is 0 Å². The molecule has 0 spiro atoms. The van der Waals surface area contributed by atoms with Gasteiger partial charge in [-0.15, -0.1) is 0 Å². The van der Waals surface area contributed by atoms with Gasteiger partial charge in [0.1, 0.15) is 0 Å². The van der Waals surface area contributed by atoms with Crippen LogP contribution in [0.2, 0.25) is 0 Å². The standard InChI is InChI=1S/C14H26N2/c1-7-15-11(5)9(3)14-13(15)10(4)12(6)16(14)8-2/h9-12H,7-8H2,1-6H3/t9-,10-,11+,12+/m1/s1. The van der Waals surface area contributed by atoms with Gasteiger partial charge in [-0.1, -0.05) is 13.8 Å². The molecule has 0 radical (unpaired) electrons. The third-order valence-electron chi connectivity index (χ3n) is 4.86. The maximum Gasteiger partial charge on any atom is 0.0383 e. The van der Waals surface area contributed by atoms with Crippen molar-refractivity contribution < 1.29 is 0 Å². The van der Waals surface area contributed by atoms with Gasteiger partial charge in [0.05, 0.1) is 0 Å². The summed E-state index contributed by atoms with van der Waals surface area (Å²) < 4.78 is 0. The SMILES string of the molecule is CCN1C2=C([C@H](C)[C@@H]1C)N(CC)[C@@H](C)[C@H]2C. The largest absolute Gasteiger partial charge is 0.370 e. The molecule has 0 unspecified atom stereocenters. The second kappa shape index (κ2) is 3.97. The van der Waals surface area contributed by atoms with Gasteiger partial charge >= 0.3 is 0 Å². The van der Waals surface area contributed by atoms with Crippen molar-refractivity contribution in [1.29, 1.82) is 0 Å². The average molecular weight is 222 g/mol. The van der Waals surface area contributed by atoms with Crippen LogP contribution in [0.5, 0.6) is 0 Å². The van der Waals surface area contributed by atoms with Crippen LogP contribution in [-0.4, -0.2) is 35.0 Å². The molecule has 0 fully saturated rings. The molecule has 2 aliphatic heterocycles. The molecule has 2 nitrogen and oxygen atoms in total. The third-order valence-corrected chi connectivity index (χ3v) is 4.86. The zero-order chi connectivity index (χ0) is 12.0. The molecule has 0 aromatic heterocycles. The summed E-state index contributed by atoms with van der Waals surface area (Å²) in [5, 5.41) is 0. The highest BCUT2D eigenvalue weighted by Gasteiger charge is 2.46. The van der Waals surface area contributed by atoms with Crippen LogP contribution in [0, 0.1) is 11.8 Å². The fourth-order valence-electron chi connectivity index (χ4n) is 3.64. The minimum absolute atomic E-state index is 0.680. The van der Waals surface area contributed by atoms with E-state index in [2.05, 4.69) is 51.3 Å². The van der Waals surface area contributed by atoms with E-state index in [1.54, 1.807) is 11.4 Å². The minimum Gasteiger partial charge on any atom is -0.370 e. The molecule has 0 N–H and O–H groups in total. The van der Waals surface area contributed by atoms with E-state index >= 15 is 0 Å². The smallest absolute Gasteiger partial charge is 0.0383 e. The lowest BCUT2D eigenvalue weighted by Gasteiger charge is -2.35. The second-order valence-electron chi connectivity index (χ2n) is 5.40. The van der Waals surface area contributed by atoms with E-state index < -0.39 is 0 Å². The van der Waals surface area contributed by atoms with Crippen LogP contribution in [-0.2, 0) is 0 Å². The van der Waals surface area contributed by atoms with Crippen LogP contribution < -0.4 is 0 Å². The van der Waals surface area contributed by atoms with Gasteiger partial charge in [-0.3, -0.25) is 0 Å². The molecule has 0 saturated carbocycles. The van der Waals surface area contributed by atoms with Crippen molar-refractivity contribution in [3.05, 3.63) is 11.4 Å². The highest BCUT2D eigenvalue weighted by molar-refractivity contribution is 5.31. The predicted molar refractivity (Wildman–Crippen MR) is 69.0 cm³/mol. The van der Waals surface area contributed by atoms with Gasteiger partial charge in [0.2, 0.25) is 0 Å². The predicted octanol–water partition coefficient (Wildman–Crippen LogP) is 2.92. The average Bonchev–Trinajstić information content (AvgIpc) is 2.66. The quantitative estimate of drug-likeness (QED) is 0.709. The minimum atomic E-state index is 0.680. The molecule has 16 heavy (non-hydrogen) atoms. The Morgan fingerprint density at radius 3 is 1.31 bits per heavy atom. The van der Waals surface area contributed by atoms with E-state index in [1.807, 2.05) is 0 Å². The first-order valence-corrected chi connectivity index (χ1v) is 6.81. The highest BCUT2D eigenvalue weighted by Crippen LogP contribution is 2.46. The van der Waals surface area contributed by atoms with Gasteiger partial charge in [-0.05, 0) is 27.7 Å². The molecule has 0 bridgehead atoms. The van der Waals surface area contributed by atoms with Crippen molar-refractivity contribution in [2.24, 2.45) is 11.8 Å². The van der Waals surface area contributed by atoms with E-state index in [0.29, 0.717) is 23.9 Å².